The van der Waals surface area contributed by atoms with Crippen LogP contribution >= 0.6 is 0 Å². The van der Waals surface area contributed by atoms with Crippen molar-refractivity contribution in [2.24, 2.45) is 0 Å². The Bertz CT molecular complexity index is 269. The van der Waals surface area contributed by atoms with E-state index in [-0.39, 0.29) is 12.5 Å². The van der Waals surface area contributed by atoms with Gasteiger partial charge < -0.3 is 19.5 Å². The molecule has 0 spiro atoms. The van der Waals surface area contributed by atoms with Crippen molar-refractivity contribution in [1.29, 1.82) is 0 Å². The molecule has 0 aliphatic carbocycles. The molecule has 17 heavy (non-hydrogen) atoms. The number of carboxylic acid groups (broad SMARTS) is 1. The highest BCUT2D eigenvalue weighted by Gasteiger charge is 2.33. The van der Waals surface area contributed by atoms with Crippen LogP contribution in [0.2, 0.25) is 0 Å². The summed E-state index contributed by atoms with van der Waals surface area (Å²) in [4.78, 5) is 23.9. The molecule has 1 fully saturated rings. The van der Waals surface area contributed by atoms with Gasteiger partial charge in [0.05, 0.1) is 13.2 Å². The van der Waals surface area contributed by atoms with Crippen molar-refractivity contribution in [3.8, 4) is 0 Å². The van der Waals surface area contributed by atoms with Crippen LogP contribution in [-0.4, -0.2) is 60.9 Å². The number of nitrogens with zero attached hydrogens (tertiary/aromatic N) is 1. The van der Waals surface area contributed by atoms with Crippen LogP contribution in [0.15, 0.2) is 0 Å². The third-order valence-electron chi connectivity index (χ3n) is 2.66. The predicted molar refractivity (Wildman–Crippen MR) is 59.7 cm³/mol. The number of carboxylic acids is 1. The Morgan fingerprint density at radius 1 is 1.35 bits per heavy atom. The number of carbonyl (C=O) groups is 2. The van der Waals surface area contributed by atoms with Crippen molar-refractivity contribution in [2.75, 3.05) is 33.0 Å². The largest absolute Gasteiger partial charge is 0.480 e. The Morgan fingerprint density at radius 3 is 2.71 bits per heavy atom. The number of likely N-dealkylation sites (tertiary alicyclic amines) is 1. The average Bonchev–Trinajstić information content (AvgIpc) is 2.77. The summed E-state index contributed by atoms with van der Waals surface area (Å²) in [6.07, 6.45) is 1.27. The minimum Gasteiger partial charge on any atom is -0.480 e. The molecule has 0 bridgehead atoms. The second-order valence-electron chi connectivity index (χ2n) is 3.83. The highest BCUT2D eigenvalue weighted by molar-refractivity contribution is 5.84. The number of rotatable bonds is 7. The number of ether oxygens (including phenoxy) is 2. The number of hydrogen-bond donors (Lipinski definition) is 1. The first-order valence-electron chi connectivity index (χ1n) is 5.84. The molecule has 6 nitrogen and oxygen atoms in total. The van der Waals surface area contributed by atoms with Gasteiger partial charge in [0.2, 0.25) is 5.91 Å². The van der Waals surface area contributed by atoms with Crippen LogP contribution in [-0.2, 0) is 19.1 Å². The molecule has 1 atom stereocenters. The van der Waals surface area contributed by atoms with Crippen molar-refractivity contribution in [1.82, 2.24) is 4.90 Å². The fourth-order valence-corrected chi connectivity index (χ4v) is 1.83. The number of hydrogen-bond acceptors (Lipinski definition) is 4. The van der Waals surface area contributed by atoms with E-state index in [0.717, 1.165) is 6.42 Å². The van der Waals surface area contributed by atoms with Gasteiger partial charge in [-0.2, -0.15) is 0 Å². The van der Waals surface area contributed by atoms with E-state index in [0.29, 0.717) is 32.8 Å². The highest BCUT2D eigenvalue weighted by atomic mass is 16.5. The van der Waals surface area contributed by atoms with E-state index >= 15 is 0 Å². The van der Waals surface area contributed by atoms with Gasteiger partial charge in [-0.1, -0.05) is 0 Å². The Kier molecular flexibility index (Phi) is 5.93. The van der Waals surface area contributed by atoms with Gasteiger partial charge in [0.25, 0.3) is 0 Å². The summed E-state index contributed by atoms with van der Waals surface area (Å²) in [5.74, 6) is -1.20. The van der Waals surface area contributed by atoms with Crippen LogP contribution in [0.3, 0.4) is 0 Å². The van der Waals surface area contributed by atoms with Gasteiger partial charge in [-0.25, -0.2) is 4.79 Å². The van der Waals surface area contributed by atoms with Crippen LogP contribution in [0, 0.1) is 0 Å². The van der Waals surface area contributed by atoms with Crippen molar-refractivity contribution in [3.05, 3.63) is 0 Å². The Labute approximate surface area is 100 Å². The number of amides is 1. The van der Waals surface area contributed by atoms with E-state index in [9.17, 15) is 9.59 Å². The van der Waals surface area contributed by atoms with E-state index < -0.39 is 12.0 Å². The molecule has 1 unspecified atom stereocenters. The summed E-state index contributed by atoms with van der Waals surface area (Å²) in [5.41, 5.74) is 0. The van der Waals surface area contributed by atoms with Gasteiger partial charge in [0.1, 0.15) is 12.6 Å². The van der Waals surface area contributed by atoms with E-state index in [4.69, 9.17) is 14.6 Å². The number of carbonyl (C=O) groups excluding carboxylic acids is 1. The molecule has 1 N–H and O–H groups in total. The molecule has 1 amide bonds. The summed E-state index contributed by atoms with van der Waals surface area (Å²) in [7, 11) is 0. The molecule has 0 aromatic carbocycles. The van der Waals surface area contributed by atoms with E-state index in [2.05, 4.69) is 0 Å². The minimum atomic E-state index is -0.940. The van der Waals surface area contributed by atoms with Crippen LogP contribution in [0.1, 0.15) is 19.8 Å². The van der Waals surface area contributed by atoms with Crippen LogP contribution < -0.4 is 0 Å². The molecule has 1 heterocycles. The van der Waals surface area contributed by atoms with Crippen LogP contribution in [0.25, 0.3) is 0 Å². The third-order valence-corrected chi connectivity index (χ3v) is 2.66. The van der Waals surface area contributed by atoms with E-state index in [1.54, 1.807) is 0 Å². The Balaban J connectivity index is 2.25. The summed E-state index contributed by atoms with van der Waals surface area (Å²) in [6, 6.07) is -0.682. The second kappa shape index (κ2) is 7.24. The van der Waals surface area contributed by atoms with Gasteiger partial charge in [-0.05, 0) is 19.8 Å². The van der Waals surface area contributed by atoms with Gasteiger partial charge >= 0.3 is 5.97 Å². The quantitative estimate of drug-likeness (QED) is 0.644. The molecule has 1 aliphatic heterocycles. The normalized spacial score (nSPS) is 19.6. The fraction of sp³-hybridized carbons (Fsp3) is 0.818. The molecule has 98 valence electrons. The summed E-state index contributed by atoms with van der Waals surface area (Å²) >= 11 is 0. The fourth-order valence-electron chi connectivity index (χ4n) is 1.83. The lowest BCUT2D eigenvalue weighted by molar-refractivity contribution is -0.150. The molecular formula is C11H19NO5. The Morgan fingerprint density at radius 2 is 2.06 bits per heavy atom. The molecule has 1 aliphatic rings. The smallest absolute Gasteiger partial charge is 0.326 e. The molecule has 1 saturated heterocycles. The van der Waals surface area contributed by atoms with Gasteiger partial charge in [-0.15, -0.1) is 0 Å². The second-order valence-corrected chi connectivity index (χ2v) is 3.83. The first-order valence-corrected chi connectivity index (χ1v) is 5.84. The maximum Gasteiger partial charge on any atom is 0.326 e. The minimum absolute atomic E-state index is 0.0726. The zero-order valence-corrected chi connectivity index (χ0v) is 10.1. The summed E-state index contributed by atoms with van der Waals surface area (Å²) in [6.45, 7) is 3.73. The monoisotopic (exact) mass is 245 g/mol. The standard InChI is InChI=1S/C11H19NO5/c1-2-16-6-7-17-8-10(13)12-5-3-4-9(12)11(14)15/h9H,2-8H2,1H3,(H,14,15). The summed E-state index contributed by atoms with van der Waals surface area (Å²) in [5, 5.41) is 8.92. The SMILES string of the molecule is CCOCCOCC(=O)N1CCCC1C(=O)O. The molecule has 6 heteroatoms. The lowest BCUT2D eigenvalue weighted by Crippen LogP contribution is -2.42. The maximum atomic E-state index is 11.7. The van der Waals surface area contributed by atoms with Crippen LogP contribution in [0.5, 0.6) is 0 Å². The highest BCUT2D eigenvalue weighted by Crippen LogP contribution is 2.17. The average molecular weight is 245 g/mol. The predicted octanol–water partition coefficient (Wildman–Crippen LogP) is 0.115. The first kappa shape index (κ1) is 13.9. The molecular weight excluding hydrogens is 226 g/mol. The van der Waals surface area contributed by atoms with Crippen LogP contribution in [0.4, 0.5) is 0 Å². The van der Waals surface area contributed by atoms with Crippen molar-refractivity contribution in [2.45, 2.75) is 25.8 Å². The zero-order valence-electron chi connectivity index (χ0n) is 10.1. The van der Waals surface area contributed by atoms with Crippen molar-refractivity contribution in [3.63, 3.8) is 0 Å². The molecule has 1 rings (SSSR count). The zero-order chi connectivity index (χ0) is 12.7. The molecule has 0 aromatic heterocycles. The third kappa shape index (κ3) is 4.32. The maximum absolute atomic E-state index is 11.7. The van der Waals surface area contributed by atoms with Gasteiger partial charge in [0, 0.05) is 13.2 Å². The lowest BCUT2D eigenvalue weighted by atomic mass is 10.2. The Hall–Kier alpha value is -1.14. The topological polar surface area (TPSA) is 76.1 Å². The lowest BCUT2D eigenvalue weighted by Gasteiger charge is -2.21. The van der Waals surface area contributed by atoms with E-state index in [1.807, 2.05) is 6.92 Å². The summed E-state index contributed by atoms with van der Waals surface area (Å²) < 4.78 is 10.2. The van der Waals surface area contributed by atoms with Gasteiger partial charge in [0.15, 0.2) is 0 Å². The molecule has 0 radical (unpaired) electrons. The molecule has 0 saturated carbocycles. The first-order chi connectivity index (χ1) is 8.16. The van der Waals surface area contributed by atoms with Crippen molar-refractivity contribution < 1.29 is 24.2 Å². The molecule has 0 aromatic rings. The number of aliphatic carboxylic acids is 1. The van der Waals surface area contributed by atoms with E-state index in [1.165, 1.54) is 4.90 Å². The van der Waals surface area contributed by atoms with Crippen molar-refractivity contribution >= 4 is 11.9 Å². The van der Waals surface area contributed by atoms with Gasteiger partial charge in [-0.3, -0.25) is 4.79 Å².